The molecule has 1 aliphatic heterocycles. The fraction of sp³-hybridized carbons (Fsp3) is 0.312. The fourth-order valence-corrected chi connectivity index (χ4v) is 5.30. The maximum Gasteiger partial charge on any atom is 0.271 e. The van der Waals surface area contributed by atoms with Crippen LogP contribution in [0.4, 0.5) is 11.4 Å². The number of benzene rings is 3. The van der Waals surface area contributed by atoms with Crippen molar-refractivity contribution in [2.75, 3.05) is 18.7 Å². The quantitative estimate of drug-likeness (QED) is 0.124. The number of nitrogens with one attached hydrogen (secondary N) is 3. The van der Waals surface area contributed by atoms with Crippen LogP contribution in [0.5, 0.6) is 0 Å². The first-order chi connectivity index (χ1) is 22.7. The zero-order valence-electron chi connectivity index (χ0n) is 25.5. The Hall–Kier alpha value is -5.54. The molecule has 0 radical (unpaired) electrons. The highest BCUT2D eigenvalue weighted by Crippen LogP contribution is 2.24. The molecule has 0 unspecified atom stereocenters. The summed E-state index contributed by atoms with van der Waals surface area (Å²) in [5.41, 5.74) is 0.943. The molecule has 0 bridgehead atoms. The summed E-state index contributed by atoms with van der Waals surface area (Å²) < 4.78 is 5.51. The predicted octanol–water partition coefficient (Wildman–Crippen LogP) is 3.10. The van der Waals surface area contributed by atoms with E-state index < -0.39 is 40.5 Å². The van der Waals surface area contributed by atoms with Crippen LogP contribution in [0.25, 0.3) is 11.4 Å². The van der Waals surface area contributed by atoms with Crippen molar-refractivity contribution < 1.29 is 29.2 Å². The Kier molecular flexibility index (Phi) is 10.6. The number of hydrogen-bond acceptors (Lipinski definition) is 10. The number of aliphatic hydroxyl groups is 1. The molecule has 5 rings (SSSR count). The Morgan fingerprint density at radius 2 is 1.89 bits per heavy atom. The van der Waals surface area contributed by atoms with Gasteiger partial charge in [-0.1, -0.05) is 62.2 Å². The molecule has 1 aliphatic rings. The van der Waals surface area contributed by atoms with Gasteiger partial charge in [-0.25, -0.2) is 0 Å². The lowest BCUT2D eigenvalue weighted by molar-refractivity contribution is -0.384. The van der Waals surface area contributed by atoms with Crippen molar-refractivity contribution in [2.24, 2.45) is 0 Å². The number of aromatic nitrogens is 4. The molecular weight excluding hydrogens is 608 g/mol. The lowest BCUT2D eigenvalue weighted by atomic mass is 9.99. The van der Waals surface area contributed by atoms with E-state index in [2.05, 4.69) is 31.3 Å². The number of nitro benzene ring substituents is 1. The molecule has 47 heavy (non-hydrogen) atoms. The zero-order chi connectivity index (χ0) is 33.3. The van der Waals surface area contributed by atoms with Gasteiger partial charge >= 0.3 is 0 Å². The van der Waals surface area contributed by atoms with Crippen molar-refractivity contribution in [3.8, 4) is 11.4 Å². The topological polar surface area (TPSA) is 206 Å². The van der Waals surface area contributed by atoms with Gasteiger partial charge in [-0.2, -0.15) is 5.21 Å². The second kappa shape index (κ2) is 15.2. The molecule has 3 amide bonds. The van der Waals surface area contributed by atoms with Gasteiger partial charge in [0, 0.05) is 34.5 Å². The molecule has 3 atom stereocenters. The van der Waals surface area contributed by atoms with Crippen molar-refractivity contribution >= 4 is 29.1 Å². The number of nitrogens with zero attached hydrogens (tertiary/aromatic N) is 5. The van der Waals surface area contributed by atoms with Crippen molar-refractivity contribution in [2.45, 2.75) is 50.8 Å². The average molecular weight is 643 g/mol. The molecule has 2 heterocycles. The summed E-state index contributed by atoms with van der Waals surface area (Å²) in [6.45, 7) is 2.43. The standard InChI is InChI=1S/C32H34N8O7/c1-2-3-12-25-18-47-19-39(25)32(44)23-14-22(16-26(17-23)40(45)46)30(42)34-27(13-20-8-5-4-6-9-20)28(41)31(43)33-24-11-7-10-21(15-24)29-35-37-38-36-29/h4-11,14-17,25,27-28,41H,2-3,12-13,18-19H2,1H3,(H,33,43)(H,34,42)(H,35,36,37,38)/t25-,27-,28-/m0/s1. The number of aromatic amines is 1. The second-order valence-electron chi connectivity index (χ2n) is 11.1. The first-order valence-electron chi connectivity index (χ1n) is 15.1. The lowest BCUT2D eigenvalue weighted by Crippen LogP contribution is -2.50. The summed E-state index contributed by atoms with van der Waals surface area (Å²) in [5.74, 6) is -1.81. The molecule has 244 valence electrons. The smallest absolute Gasteiger partial charge is 0.271 e. The number of rotatable bonds is 13. The number of non-ortho nitro benzene ring substituents is 1. The van der Waals surface area contributed by atoms with Gasteiger partial charge in [-0.05, 0) is 41.8 Å². The number of unbranched alkanes of at least 4 members (excludes halogenated alkanes) is 1. The first-order valence-corrected chi connectivity index (χ1v) is 15.1. The van der Waals surface area contributed by atoms with Crippen molar-refractivity contribution in [3.63, 3.8) is 0 Å². The SMILES string of the molecule is CCCC[C@H]1COCN1C(=O)c1cc(C(=O)N[C@@H](Cc2ccccc2)[C@H](O)C(=O)Nc2cccc(-c3nn[nH]n3)c2)cc([N+](=O)[O-])c1. The molecule has 15 heteroatoms. The molecular formula is C32H34N8O7. The minimum atomic E-state index is -1.74. The number of nitro groups is 1. The number of hydrogen-bond donors (Lipinski definition) is 4. The van der Waals surface area contributed by atoms with Gasteiger partial charge in [0.05, 0.1) is 23.6 Å². The van der Waals surface area contributed by atoms with Crippen LogP contribution in [0, 0.1) is 10.1 Å². The van der Waals surface area contributed by atoms with E-state index in [1.54, 1.807) is 54.6 Å². The van der Waals surface area contributed by atoms with Gasteiger partial charge < -0.3 is 25.4 Å². The number of ether oxygens (including phenoxy) is 1. The van der Waals surface area contributed by atoms with Crippen molar-refractivity contribution in [3.05, 3.63) is 99.6 Å². The van der Waals surface area contributed by atoms with E-state index >= 15 is 0 Å². The summed E-state index contributed by atoms with van der Waals surface area (Å²) >= 11 is 0. The Balaban J connectivity index is 1.38. The van der Waals surface area contributed by atoms with Gasteiger partial charge in [0.25, 0.3) is 23.4 Å². The Morgan fingerprint density at radius 1 is 1.11 bits per heavy atom. The predicted molar refractivity (Wildman–Crippen MR) is 169 cm³/mol. The van der Waals surface area contributed by atoms with E-state index in [0.717, 1.165) is 25.0 Å². The van der Waals surface area contributed by atoms with E-state index in [0.29, 0.717) is 35.7 Å². The van der Waals surface area contributed by atoms with Crippen molar-refractivity contribution in [1.82, 2.24) is 30.8 Å². The van der Waals surface area contributed by atoms with Crippen LogP contribution in [-0.4, -0.2) is 84.8 Å². The lowest BCUT2D eigenvalue weighted by Gasteiger charge is -2.24. The van der Waals surface area contributed by atoms with Crippen LogP contribution in [0.2, 0.25) is 0 Å². The number of carbonyl (C=O) groups is 3. The van der Waals surface area contributed by atoms with Crippen LogP contribution in [0.1, 0.15) is 52.5 Å². The van der Waals surface area contributed by atoms with E-state index in [1.165, 1.54) is 11.0 Å². The van der Waals surface area contributed by atoms with Crippen LogP contribution < -0.4 is 10.6 Å². The number of aliphatic hydroxyl groups excluding tert-OH is 1. The third kappa shape index (κ3) is 8.19. The van der Waals surface area contributed by atoms with E-state index in [-0.39, 0.29) is 30.3 Å². The molecule has 3 aromatic carbocycles. The molecule has 1 saturated heterocycles. The maximum absolute atomic E-state index is 13.6. The number of anilines is 1. The van der Waals surface area contributed by atoms with Gasteiger partial charge in [0.15, 0.2) is 6.10 Å². The van der Waals surface area contributed by atoms with E-state index in [4.69, 9.17) is 4.74 Å². The largest absolute Gasteiger partial charge is 0.381 e. The highest BCUT2D eigenvalue weighted by atomic mass is 16.6. The first kappa shape index (κ1) is 32.8. The number of H-pyrrole nitrogens is 1. The molecule has 0 saturated carbocycles. The normalized spacial score (nSPS) is 15.5. The third-order valence-electron chi connectivity index (χ3n) is 7.77. The molecule has 0 spiro atoms. The Bertz CT molecular complexity index is 1720. The molecule has 4 aromatic rings. The van der Waals surface area contributed by atoms with Crippen LogP contribution >= 0.6 is 0 Å². The maximum atomic E-state index is 13.6. The van der Waals surface area contributed by atoms with E-state index in [1.807, 2.05) is 6.92 Å². The summed E-state index contributed by atoms with van der Waals surface area (Å²) in [5, 5.41) is 42.1. The summed E-state index contributed by atoms with van der Waals surface area (Å²) in [4.78, 5) is 53.1. The average Bonchev–Trinajstić information content (AvgIpc) is 3.80. The van der Waals surface area contributed by atoms with Crippen molar-refractivity contribution in [1.29, 1.82) is 0 Å². The van der Waals surface area contributed by atoms with Gasteiger partial charge in [-0.15, -0.1) is 10.2 Å². The van der Waals surface area contributed by atoms with Crippen LogP contribution in [0.15, 0.2) is 72.8 Å². The summed E-state index contributed by atoms with van der Waals surface area (Å²) in [6.07, 6.45) is 0.833. The zero-order valence-corrected chi connectivity index (χ0v) is 25.5. The molecule has 1 fully saturated rings. The highest BCUT2D eigenvalue weighted by molar-refractivity contribution is 6.01. The molecule has 15 nitrogen and oxygen atoms in total. The molecule has 1 aromatic heterocycles. The molecule has 0 aliphatic carbocycles. The van der Waals surface area contributed by atoms with Gasteiger partial charge in [0.2, 0.25) is 5.82 Å². The van der Waals surface area contributed by atoms with Gasteiger partial charge in [0.1, 0.15) is 6.73 Å². The third-order valence-corrected chi connectivity index (χ3v) is 7.77. The minimum Gasteiger partial charge on any atom is -0.381 e. The van der Waals surface area contributed by atoms with Crippen LogP contribution in [0.3, 0.4) is 0 Å². The van der Waals surface area contributed by atoms with E-state index in [9.17, 15) is 29.6 Å². The number of carbonyl (C=O) groups excluding carboxylic acids is 3. The molecule has 4 N–H and O–H groups in total. The fourth-order valence-electron chi connectivity index (χ4n) is 5.30. The number of tetrazole rings is 1. The monoisotopic (exact) mass is 642 g/mol. The minimum absolute atomic E-state index is 0.0376. The number of amides is 3. The van der Waals surface area contributed by atoms with Gasteiger partial charge in [-0.3, -0.25) is 24.5 Å². The summed E-state index contributed by atoms with van der Waals surface area (Å²) in [7, 11) is 0. The Labute approximate surface area is 269 Å². The second-order valence-corrected chi connectivity index (χ2v) is 11.1. The summed E-state index contributed by atoms with van der Waals surface area (Å²) in [6, 6.07) is 17.6. The van der Waals surface area contributed by atoms with Crippen LogP contribution in [-0.2, 0) is 16.0 Å². The highest BCUT2D eigenvalue weighted by Gasteiger charge is 2.32. The Morgan fingerprint density at radius 3 is 2.62 bits per heavy atom.